The molecule has 102 valence electrons. The second-order valence-electron chi connectivity index (χ2n) is 4.22. The van der Waals surface area contributed by atoms with Gasteiger partial charge in [-0.3, -0.25) is 5.43 Å². The Morgan fingerprint density at radius 2 is 1.80 bits per heavy atom. The van der Waals surface area contributed by atoms with Crippen LogP contribution in [0.3, 0.4) is 0 Å². The highest BCUT2D eigenvalue weighted by molar-refractivity contribution is 7.89. The number of anilines is 1. The van der Waals surface area contributed by atoms with E-state index in [-0.39, 0.29) is 16.6 Å². The average Bonchev–Trinajstić information content (AvgIpc) is 3.24. The van der Waals surface area contributed by atoms with E-state index in [1.807, 2.05) is 0 Å². The molecule has 2 rings (SSSR count). The van der Waals surface area contributed by atoms with Crippen LogP contribution in [0, 0.1) is 22.7 Å². The minimum absolute atomic E-state index is 0.0521. The zero-order valence-electron chi connectivity index (χ0n) is 10.4. The first-order valence-corrected chi connectivity index (χ1v) is 7.30. The molecule has 1 saturated carbocycles. The van der Waals surface area contributed by atoms with Gasteiger partial charge in [0.15, 0.2) is 0 Å². The van der Waals surface area contributed by atoms with Gasteiger partial charge in [0.25, 0.3) is 0 Å². The molecule has 1 aliphatic rings. The van der Waals surface area contributed by atoms with Gasteiger partial charge in [0.1, 0.15) is 12.1 Å². The molecular formula is C12H11N5O2S. The zero-order valence-corrected chi connectivity index (χ0v) is 11.2. The third-order valence-electron chi connectivity index (χ3n) is 2.57. The number of hydrogen-bond donors (Lipinski definition) is 2. The van der Waals surface area contributed by atoms with Crippen molar-refractivity contribution in [3.63, 3.8) is 0 Å². The maximum absolute atomic E-state index is 11.9. The molecule has 0 atom stereocenters. The molecule has 0 radical (unpaired) electrons. The highest BCUT2D eigenvalue weighted by atomic mass is 32.2. The van der Waals surface area contributed by atoms with Crippen LogP contribution in [0.4, 0.5) is 5.69 Å². The SMILES string of the molecule is N#CC(C#N)=NNc1ccc(S(=O)(=O)NC2CC2)cc1. The van der Waals surface area contributed by atoms with Gasteiger partial charge in [0, 0.05) is 6.04 Å². The van der Waals surface area contributed by atoms with E-state index in [9.17, 15) is 8.42 Å². The van der Waals surface area contributed by atoms with E-state index in [1.165, 1.54) is 24.3 Å². The van der Waals surface area contributed by atoms with E-state index >= 15 is 0 Å². The topological polar surface area (TPSA) is 118 Å². The number of benzene rings is 1. The fourth-order valence-electron chi connectivity index (χ4n) is 1.39. The standard InChI is InChI=1S/C12H11N5O2S/c13-7-11(8-14)16-15-9-3-5-12(6-4-9)20(18,19)17-10-1-2-10/h3-6,10,15,17H,1-2H2. The molecule has 0 heterocycles. The van der Waals surface area contributed by atoms with E-state index < -0.39 is 10.0 Å². The van der Waals surface area contributed by atoms with Gasteiger partial charge in [0.2, 0.25) is 15.7 Å². The Bertz CT molecular complexity index is 690. The van der Waals surface area contributed by atoms with Crippen LogP contribution in [0.15, 0.2) is 34.3 Å². The predicted octanol–water partition coefficient (Wildman–Crippen LogP) is 0.942. The first kappa shape index (κ1) is 14.0. The smallest absolute Gasteiger partial charge is 0.240 e. The lowest BCUT2D eigenvalue weighted by molar-refractivity contribution is 0.581. The second-order valence-corrected chi connectivity index (χ2v) is 5.93. The van der Waals surface area contributed by atoms with Gasteiger partial charge in [0.05, 0.1) is 10.6 Å². The van der Waals surface area contributed by atoms with Gasteiger partial charge in [-0.15, -0.1) is 0 Å². The molecule has 0 amide bonds. The molecule has 1 aromatic rings. The monoisotopic (exact) mass is 289 g/mol. The minimum Gasteiger partial charge on any atom is -0.277 e. The van der Waals surface area contributed by atoms with Crippen molar-refractivity contribution in [2.75, 3.05) is 5.43 Å². The number of nitrogens with zero attached hydrogens (tertiary/aromatic N) is 3. The summed E-state index contributed by atoms with van der Waals surface area (Å²) in [6.45, 7) is 0. The molecule has 0 aliphatic heterocycles. The molecule has 0 saturated heterocycles. The lowest BCUT2D eigenvalue weighted by Crippen LogP contribution is -2.25. The van der Waals surface area contributed by atoms with Crippen molar-refractivity contribution in [2.45, 2.75) is 23.8 Å². The van der Waals surface area contributed by atoms with E-state index in [0.717, 1.165) is 12.8 Å². The molecule has 7 nitrogen and oxygen atoms in total. The average molecular weight is 289 g/mol. The summed E-state index contributed by atoms with van der Waals surface area (Å²) in [6, 6.07) is 9.15. The number of hydrogen-bond acceptors (Lipinski definition) is 6. The number of hydrazone groups is 1. The summed E-state index contributed by atoms with van der Waals surface area (Å²) in [6.07, 6.45) is 1.75. The summed E-state index contributed by atoms with van der Waals surface area (Å²) < 4.78 is 26.4. The van der Waals surface area contributed by atoms with Gasteiger partial charge in [-0.1, -0.05) is 0 Å². The molecule has 8 heteroatoms. The van der Waals surface area contributed by atoms with Crippen LogP contribution in [-0.2, 0) is 10.0 Å². The molecule has 0 spiro atoms. The summed E-state index contributed by atoms with van der Waals surface area (Å²) in [4.78, 5) is 0.166. The molecule has 1 aromatic carbocycles. The molecule has 0 unspecified atom stereocenters. The van der Waals surface area contributed by atoms with E-state index in [1.54, 1.807) is 12.1 Å². The third kappa shape index (κ3) is 3.54. The molecule has 1 aliphatic carbocycles. The van der Waals surface area contributed by atoms with Crippen LogP contribution >= 0.6 is 0 Å². The first-order chi connectivity index (χ1) is 9.55. The summed E-state index contributed by atoms with van der Waals surface area (Å²) in [7, 11) is -3.47. The lowest BCUT2D eigenvalue weighted by Gasteiger charge is -2.06. The Balaban J connectivity index is 2.09. The van der Waals surface area contributed by atoms with Crippen molar-refractivity contribution in [2.24, 2.45) is 5.10 Å². The first-order valence-electron chi connectivity index (χ1n) is 5.81. The molecule has 2 N–H and O–H groups in total. The van der Waals surface area contributed by atoms with Crippen LogP contribution in [0.1, 0.15) is 12.8 Å². The normalized spacial score (nSPS) is 13.9. The maximum Gasteiger partial charge on any atom is 0.240 e. The Kier molecular flexibility index (Phi) is 3.99. The summed E-state index contributed by atoms with van der Waals surface area (Å²) in [5.74, 6) is 0. The van der Waals surface area contributed by atoms with E-state index in [4.69, 9.17) is 10.5 Å². The van der Waals surface area contributed by atoms with E-state index in [0.29, 0.717) is 5.69 Å². The lowest BCUT2D eigenvalue weighted by atomic mass is 10.3. The van der Waals surface area contributed by atoms with Crippen LogP contribution < -0.4 is 10.1 Å². The van der Waals surface area contributed by atoms with Crippen LogP contribution in [-0.4, -0.2) is 20.2 Å². The van der Waals surface area contributed by atoms with Crippen molar-refractivity contribution in [1.29, 1.82) is 10.5 Å². The number of nitriles is 2. The zero-order chi connectivity index (χ0) is 14.6. The van der Waals surface area contributed by atoms with Crippen molar-refractivity contribution < 1.29 is 8.42 Å². The highest BCUT2D eigenvalue weighted by Gasteiger charge is 2.27. The van der Waals surface area contributed by atoms with Crippen molar-refractivity contribution in [1.82, 2.24) is 4.72 Å². The van der Waals surface area contributed by atoms with Gasteiger partial charge in [-0.25, -0.2) is 13.1 Å². The summed E-state index contributed by atoms with van der Waals surface area (Å²) in [5.41, 5.74) is 2.68. The summed E-state index contributed by atoms with van der Waals surface area (Å²) in [5, 5.41) is 20.6. The highest BCUT2D eigenvalue weighted by Crippen LogP contribution is 2.22. The fraction of sp³-hybridized carbons (Fsp3) is 0.250. The van der Waals surface area contributed by atoms with Gasteiger partial charge >= 0.3 is 0 Å². The van der Waals surface area contributed by atoms with Gasteiger partial charge in [-0.2, -0.15) is 15.6 Å². The summed E-state index contributed by atoms with van der Waals surface area (Å²) >= 11 is 0. The van der Waals surface area contributed by atoms with Gasteiger partial charge < -0.3 is 0 Å². The largest absolute Gasteiger partial charge is 0.277 e. The Morgan fingerprint density at radius 3 is 2.30 bits per heavy atom. The van der Waals surface area contributed by atoms with E-state index in [2.05, 4.69) is 15.2 Å². The third-order valence-corrected chi connectivity index (χ3v) is 4.11. The molecule has 1 fully saturated rings. The van der Waals surface area contributed by atoms with Crippen molar-refractivity contribution >= 4 is 21.4 Å². The fourth-order valence-corrected chi connectivity index (χ4v) is 2.70. The Labute approximate surface area is 116 Å². The van der Waals surface area contributed by atoms with Crippen molar-refractivity contribution in [3.05, 3.63) is 24.3 Å². The van der Waals surface area contributed by atoms with Gasteiger partial charge in [-0.05, 0) is 37.1 Å². The molecule has 0 bridgehead atoms. The quantitative estimate of drug-likeness (QED) is 0.617. The number of rotatable bonds is 5. The van der Waals surface area contributed by atoms with Crippen molar-refractivity contribution in [3.8, 4) is 12.1 Å². The predicted molar refractivity (Wildman–Crippen MR) is 72.1 cm³/mol. The molecule has 20 heavy (non-hydrogen) atoms. The maximum atomic E-state index is 11.9. The van der Waals surface area contributed by atoms with Crippen LogP contribution in [0.25, 0.3) is 0 Å². The molecular weight excluding hydrogens is 278 g/mol. The Morgan fingerprint density at radius 1 is 1.20 bits per heavy atom. The van der Waals surface area contributed by atoms with Crippen LogP contribution in [0.5, 0.6) is 0 Å². The Hall–Kier alpha value is -2.42. The number of nitrogens with one attached hydrogen (secondary N) is 2. The van der Waals surface area contributed by atoms with Crippen LogP contribution in [0.2, 0.25) is 0 Å². The second kappa shape index (κ2) is 5.70. The number of sulfonamides is 1. The minimum atomic E-state index is -3.47. The molecule has 0 aromatic heterocycles.